The molecule has 3 rings (SSSR count). The van der Waals surface area contributed by atoms with Gasteiger partial charge in [-0.05, 0) is 35.4 Å². The number of alkyl halides is 2. The molecule has 1 fully saturated rings. The molecule has 0 unspecified atom stereocenters. The molecule has 1 amide bonds. The van der Waals surface area contributed by atoms with E-state index in [0.29, 0.717) is 22.4 Å². The Labute approximate surface area is 185 Å². The number of amides is 1. The first-order valence-electron chi connectivity index (χ1n) is 10.1. The number of hydrogen-bond acceptors (Lipinski definition) is 6. The van der Waals surface area contributed by atoms with Crippen molar-refractivity contribution >= 4 is 29.5 Å². The molecule has 1 aromatic heterocycles. The van der Waals surface area contributed by atoms with Gasteiger partial charge in [0.2, 0.25) is 5.91 Å². The van der Waals surface area contributed by atoms with Crippen LogP contribution in [0, 0.1) is 0 Å². The Morgan fingerprint density at radius 2 is 2.00 bits per heavy atom. The number of morpholine rings is 1. The minimum absolute atomic E-state index is 0.295. The molecule has 7 nitrogen and oxygen atoms in total. The maximum Gasteiger partial charge on any atom is 0.331 e. The number of nitrogens with two attached hydrogens (primary N) is 1. The quantitative estimate of drug-likeness (QED) is 0.373. The first kappa shape index (κ1) is 23.2. The van der Waals surface area contributed by atoms with Gasteiger partial charge >= 0.3 is 6.55 Å². The van der Waals surface area contributed by atoms with Gasteiger partial charge in [0.05, 0.1) is 13.2 Å². The van der Waals surface area contributed by atoms with Gasteiger partial charge in [0.1, 0.15) is 0 Å². The second-order valence-corrected chi connectivity index (χ2v) is 7.05. The van der Waals surface area contributed by atoms with Crippen molar-refractivity contribution in [3.05, 3.63) is 71.7 Å². The third kappa shape index (κ3) is 7.07. The van der Waals surface area contributed by atoms with E-state index in [-0.39, 0.29) is 5.91 Å². The average molecular weight is 441 g/mol. The Kier molecular flexibility index (Phi) is 8.59. The Hall–Kier alpha value is -3.43. The van der Waals surface area contributed by atoms with Crippen LogP contribution in [0.4, 0.5) is 14.5 Å². The van der Waals surface area contributed by atoms with Crippen molar-refractivity contribution in [1.82, 2.24) is 9.88 Å². The minimum atomic E-state index is -2.84. The summed E-state index contributed by atoms with van der Waals surface area (Å²) < 4.78 is 30.2. The molecule has 0 saturated carbocycles. The van der Waals surface area contributed by atoms with Crippen LogP contribution in [0.1, 0.15) is 16.7 Å². The molecule has 1 saturated heterocycles. The second-order valence-electron chi connectivity index (χ2n) is 7.05. The Morgan fingerprint density at radius 1 is 1.25 bits per heavy atom. The van der Waals surface area contributed by atoms with Crippen LogP contribution in [0.3, 0.4) is 0 Å². The molecule has 0 atom stereocenters. The lowest BCUT2D eigenvalue weighted by atomic mass is 10.0. The lowest BCUT2D eigenvalue weighted by molar-refractivity contribution is -0.111. The van der Waals surface area contributed by atoms with Crippen LogP contribution in [0.25, 0.3) is 11.6 Å². The summed E-state index contributed by atoms with van der Waals surface area (Å²) >= 11 is 0. The smallest absolute Gasteiger partial charge is 0.331 e. The highest BCUT2D eigenvalue weighted by Crippen LogP contribution is 2.18. The van der Waals surface area contributed by atoms with Crippen molar-refractivity contribution in [3.63, 3.8) is 0 Å². The van der Waals surface area contributed by atoms with Crippen LogP contribution in [-0.4, -0.2) is 54.9 Å². The van der Waals surface area contributed by atoms with Crippen LogP contribution in [0.2, 0.25) is 0 Å². The number of aromatic nitrogens is 1. The van der Waals surface area contributed by atoms with Gasteiger partial charge in [-0.2, -0.15) is 8.78 Å². The lowest BCUT2D eigenvalue weighted by Gasteiger charge is -2.26. The highest BCUT2D eigenvalue weighted by molar-refractivity contribution is 6.11. The van der Waals surface area contributed by atoms with E-state index in [1.807, 2.05) is 24.3 Å². The summed E-state index contributed by atoms with van der Waals surface area (Å²) in [5.41, 5.74) is 8.76. The van der Waals surface area contributed by atoms with E-state index in [1.165, 1.54) is 24.7 Å². The van der Waals surface area contributed by atoms with Crippen LogP contribution in [0.5, 0.6) is 0 Å². The number of carbonyl (C=O) groups excluding carboxylic acids is 1. The predicted molar refractivity (Wildman–Crippen MR) is 121 cm³/mol. The van der Waals surface area contributed by atoms with E-state index in [2.05, 4.69) is 20.2 Å². The number of benzene rings is 1. The Bertz CT molecular complexity index is 984. The van der Waals surface area contributed by atoms with Crippen molar-refractivity contribution in [2.45, 2.75) is 13.1 Å². The number of nitrogens with zero attached hydrogens (tertiary/aromatic N) is 3. The third-order valence-corrected chi connectivity index (χ3v) is 4.81. The average Bonchev–Trinajstić information content (AvgIpc) is 2.80. The first-order chi connectivity index (χ1) is 15.5. The van der Waals surface area contributed by atoms with Gasteiger partial charge in [0.15, 0.2) is 0 Å². The molecule has 2 aromatic rings. The molecule has 0 spiro atoms. The van der Waals surface area contributed by atoms with Crippen LogP contribution >= 0.6 is 0 Å². The molecule has 1 aliphatic heterocycles. The maximum atomic E-state index is 12.4. The molecule has 0 aliphatic carbocycles. The first-order valence-corrected chi connectivity index (χ1v) is 10.1. The van der Waals surface area contributed by atoms with Crippen LogP contribution in [0.15, 0.2) is 60.0 Å². The van der Waals surface area contributed by atoms with Gasteiger partial charge in [-0.25, -0.2) is 4.99 Å². The number of hydrogen-bond donors (Lipinski definition) is 2. The molecular weight excluding hydrogens is 416 g/mol. The molecule has 1 aromatic carbocycles. The van der Waals surface area contributed by atoms with Crippen LogP contribution < -0.4 is 11.1 Å². The zero-order chi connectivity index (χ0) is 22.8. The number of rotatable bonds is 8. The second kappa shape index (κ2) is 11.8. The summed E-state index contributed by atoms with van der Waals surface area (Å²) in [6, 6.07) is 9.28. The van der Waals surface area contributed by atoms with E-state index < -0.39 is 6.55 Å². The SMILES string of the molecule is NC=C(C=NC(F)F)c1ccncc1/C=C/C(=O)Nc1ccc(CN2CCOCC2)cc1. The van der Waals surface area contributed by atoms with E-state index in [9.17, 15) is 13.6 Å². The summed E-state index contributed by atoms with van der Waals surface area (Å²) in [5, 5.41) is 2.80. The molecule has 0 radical (unpaired) electrons. The Balaban J connectivity index is 1.62. The lowest BCUT2D eigenvalue weighted by Crippen LogP contribution is -2.35. The summed E-state index contributed by atoms with van der Waals surface area (Å²) in [6.45, 7) is 1.33. The molecule has 32 heavy (non-hydrogen) atoms. The molecule has 168 valence electrons. The fourth-order valence-corrected chi connectivity index (χ4v) is 3.20. The highest BCUT2D eigenvalue weighted by atomic mass is 19.3. The fraction of sp³-hybridized carbons (Fsp3) is 0.261. The fourth-order valence-electron chi connectivity index (χ4n) is 3.20. The van der Waals surface area contributed by atoms with Gasteiger partial charge < -0.3 is 15.8 Å². The zero-order valence-electron chi connectivity index (χ0n) is 17.5. The minimum Gasteiger partial charge on any atom is -0.404 e. The monoisotopic (exact) mass is 441 g/mol. The normalized spacial score (nSPS) is 15.7. The Morgan fingerprint density at radius 3 is 2.69 bits per heavy atom. The highest BCUT2D eigenvalue weighted by Gasteiger charge is 2.11. The van der Waals surface area contributed by atoms with Gasteiger partial charge in [0, 0.05) is 67.3 Å². The summed E-state index contributed by atoms with van der Waals surface area (Å²) in [4.78, 5) is 21.8. The van der Waals surface area contributed by atoms with Crippen molar-refractivity contribution in [2.75, 3.05) is 31.6 Å². The molecule has 9 heteroatoms. The van der Waals surface area contributed by atoms with E-state index in [1.54, 1.807) is 12.1 Å². The number of carbonyl (C=O) groups is 1. The van der Waals surface area contributed by atoms with Crippen molar-refractivity contribution < 1.29 is 18.3 Å². The summed E-state index contributed by atoms with van der Waals surface area (Å²) in [6.07, 6.45) is 8.09. The molecule has 3 N–H and O–H groups in total. The number of aliphatic imine (C=N–C) groups is 1. The number of halogens is 2. The van der Waals surface area contributed by atoms with Gasteiger partial charge in [-0.3, -0.25) is 14.7 Å². The summed E-state index contributed by atoms with van der Waals surface area (Å²) in [5.74, 6) is -0.333. The van der Waals surface area contributed by atoms with Gasteiger partial charge in [-0.1, -0.05) is 12.1 Å². The number of nitrogens with one attached hydrogen (secondary N) is 1. The van der Waals surface area contributed by atoms with Crippen molar-refractivity contribution in [1.29, 1.82) is 0 Å². The maximum absolute atomic E-state index is 12.4. The number of pyridine rings is 1. The van der Waals surface area contributed by atoms with Crippen LogP contribution in [-0.2, 0) is 16.1 Å². The largest absolute Gasteiger partial charge is 0.404 e. The molecular formula is C23H25F2N5O2. The van der Waals surface area contributed by atoms with E-state index in [4.69, 9.17) is 10.5 Å². The van der Waals surface area contributed by atoms with Crippen molar-refractivity contribution in [2.24, 2.45) is 10.7 Å². The van der Waals surface area contributed by atoms with E-state index in [0.717, 1.165) is 44.6 Å². The predicted octanol–water partition coefficient (Wildman–Crippen LogP) is 3.16. The summed E-state index contributed by atoms with van der Waals surface area (Å²) in [7, 11) is 0. The number of anilines is 1. The van der Waals surface area contributed by atoms with Gasteiger partial charge in [0.25, 0.3) is 0 Å². The third-order valence-electron chi connectivity index (χ3n) is 4.81. The standard InChI is InChI=1S/C23H25F2N5O2/c24-23(25)28-15-19(13-26)21-7-8-27-14-18(21)3-6-22(31)29-20-4-1-17(2-5-20)16-30-9-11-32-12-10-30/h1-8,13-15,23H,9-12,16,26H2,(H,29,31)/b6-3+,19-13?,28-15?. The number of ether oxygens (including phenoxy) is 1. The molecule has 1 aliphatic rings. The molecule has 0 bridgehead atoms. The molecule has 2 heterocycles. The number of allylic oxidation sites excluding steroid dienone is 1. The van der Waals surface area contributed by atoms with Gasteiger partial charge in [-0.15, -0.1) is 0 Å². The zero-order valence-corrected chi connectivity index (χ0v) is 17.5. The van der Waals surface area contributed by atoms with Crippen molar-refractivity contribution in [3.8, 4) is 0 Å². The topological polar surface area (TPSA) is 92.8 Å². The van der Waals surface area contributed by atoms with E-state index >= 15 is 0 Å².